The molecule has 21 heavy (non-hydrogen) atoms. The normalized spacial score (nSPS) is 22.5. The second kappa shape index (κ2) is 6.07. The number of nitrogens with two attached hydrogens (primary N) is 1. The van der Waals surface area contributed by atoms with Crippen LogP contribution in [0.4, 0.5) is 0 Å². The Bertz CT molecular complexity index is 499. The van der Waals surface area contributed by atoms with Crippen molar-refractivity contribution in [3.63, 3.8) is 0 Å². The molecule has 1 aliphatic carbocycles. The van der Waals surface area contributed by atoms with Gasteiger partial charge in [-0.05, 0) is 55.9 Å². The van der Waals surface area contributed by atoms with E-state index >= 15 is 0 Å². The van der Waals surface area contributed by atoms with Crippen LogP contribution in [-0.2, 0) is 0 Å². The highest BCUT2D eigenvalue weighted by atomic mass is 15.3. The van der Waals surface area contributed by atoms with Crippen LogP contribution in [0.5, 0.6) is 0 Å². The first kappa shape index (κ1) is 15.0. The number of rotatable bonds is 4. The third-order valence-corrected chi connectivity index (χ3v) is 5.32. The van der Waals surface area contributed by atoms with Crippen molar-refractivity contribution < 1.29 is 0 Å². The van der Waals surface area contributed by atoms with Crippen molar-refractivity contribution >= 4 is 0 Å². The summed E-state index contributed by atoms with van der Waals surface area (Å²) in [7, 11) is 0. The molecule has 3 nitrogen and oxygen atoms in total. The molecule has 0 radical (unpaired) electrons. The van der Waals surface area contributed by atoms with E-state index in [1.165, 1.54) is 48.2 Å². The van der Waals surface area contributed by atoms with Crippen LogP contribution in [0.2, 0.25) is 0 Å². The predicted octanol–water partition coefficient (Wildman–Crippen LogP) is 2.39. The van der Waals surface area contributed by atoms with Gasteiger partial charge < -0.3 is 5.73 Å². The molecule has 0 aromatic heterocycles. The summed E-state index contributed by atoms with van der Waals surface area (Å²) in [5.41, 5.74) is 11.7. The van der Waals surface area contributed by atoms with E-state index in [9.17, 15) is 0 Å². The molecule has 1 saturated carbocycles. The predicted molar refractivity (Wildman–Crippen MR) is 88.6 cm³/mol. The molecule has 1 aliphatic heterocycles. The van der Waals surface area contributed by atoms with Crippen LogP contribution in [0.3, 0.4) is 0 Å². The lowest BCUT2D eigenvalue weighted by Gasteiger charge is -2.39. The monoisotopic (exact) mass is 287 g/mol. The van der Waals surface area contributed by atoms with Crippen LogP contribution in [0.25, 0.3) is 0 Å². The molecule has 1 unspecified atom stereocenters. The Balaban J connectivity index is 1.74. The van der Waals surface area contributed by atoms with Crippen LogP contribution in [0.1, 0.15) is 41.1 Å². The number of piperazine rings is 1. The number of hydrogen-bond acceptors (Lipinski definition) is 3. The Labute approximate surface area is 129 Å². The Morgan fingerprint density at radius 3 is 2.19 bits per heavy atom. The molecule has 0 spiro atoms. The van der Waals surface area contributed by atoms with Gasteiger partial charge in [0.2, 0.25) is 0 Å². The van der Waals surface area contributed by atoms with Crippen molar-refractivity contribution in [3.8, 4) is 0 Å². The molecule has 1 aromatic rings. The third-order valence-electron chi connectivity index (χ3n) is 5.32. The molecule has 2 aliphatic rings. The average molecular weight is 287 g/mol. The SMILES string of the molecule is Cc1cc(C)c(C(CN)N2CCN(C3CC3)CC2)cc1C. The lowest BCUT2D eigenvalue weighted by Crippen LogP contribution is -2.49. The second-order valence-corrected chi connectivity index (χ2v) is 6.85. The molecule has 1 atom stereocenters. The molecule has 2 N–H and O–H groups in total. The largest absolute Gasteiger partial charge is 0.329 e. The van der Waals surface area contributed by atoms with Gasteiger partial charge in [-0.15, -0.1) is 0 Å². The molecule has 3 heteroatoms. The number of nitrogens with zero attached hydrogens (tertiary/aromatic N) is 2. The van der Waals surface area contributed by atoms with Crippen LogP contribution in [-0.4, -0.2) is 48.6 Å². The zero-order valence-corrected chi connectivity index (χ0v) is 13.7. The highest BCUT2D eigenvalue weighted by Gasteiger charge is 2.33. The fourth-order valence-electron chi connectivity index (χ4n) is 3.67. The molecule has 3 rings (SSSR count). The van der Waals surface area contributed by atoms with E-state index in [4.69, 9.17) is 5.73 Å². The fraction of sp³-hybridized carbons (Fsp3) is 0.667. The van der Waals surface area contributed by atoms with E-state index in [1.807, 2.05) is 0 Å². The highest BCUT2D eigenvalue weighted by Crippen LogP contribution is 2.30. The summed E-state index contributed by atoms with van der Waals surface area (Å²) in [5.74, 6) is 0. The zero-order valence-electron chi connectivity index (χ0n) is 13.7. The van der Waals surface area contributed by atoms with E-state index in [0.717, 1.165) is 19.1 Å². The van der Waals surface area contributed by atoms with E-state index < -0.39 is 0 Å². The smallest absolute Gasteiger partial charge is 0.0474 e. The van der Waals surface area contributed by atoms with Gasteiger partial charge in [-0.25, -0.2) is 0 Å². The van der Waals surface area contributed by atoms with E-state index in [2.05, 4.69) is 42.7 Å². The average Bonchev–Trinajstić information content (AvgIpc) is 3.30. The Kier molecular flexibility index (Phi) is 4.34. The van der Waals surface area contributed by atoms with Gasteiger partial charge in [0.05, 0.1) is 0 Å². The fourth-order valence-corrected chi connectivity index (χ4v) is 3.67. The number of benzene rings is 1. The highest BCUT2D eigenvalue weighted by molar-refractivity contribution is 5.38. The zero-order chi connectivity index (χ0) is 15.0. The van der Waals surface area contributed by atoms with Gasteiger partial charge in [0.15, 0.2) is 0 Å². The summed E-state index contributed by atoms with van der Waals surface area (Å²) in [6, 6.07) is 5.95. The van der Waals surface area contributed by atoms with Gasteiger partial charge in [0, 0.05) is 44.8 Å². The van der Waals surface area contributed by atoms with Crippen LogP contribution in [0.15, 0.2) is 12.1 Å². The maximum absolute atomic E-state index is 6.14. The van der Waals surface area contributed by atoms with Crippen molar-refractivity contribution in [2.45, 2.75) is 45.7 Å². The van der Waals surface area contributed by atoms with Gasteiger partial charge in [0.1, 0.15) is 0 Å². The minimum absolute atomic E-state index is 0.380. The molecular formula is C18H29N3. The minimum atomic E-state index is 0.380. The minimum Gasteiger partial charge on any atom is -0.329 e. The van der Waals surface area contributed by atoms with Gasteiger partial charge in [-0.1, -0.05) is 12.1 Å². The van der Waals surface area contributed by atoms with Crippen LogP contribution >= 0.6 is 0 Å². The number of aryl methyl sites for hydroxylation is 3. The van der Waals surface area contributed by atoms with Crippen molar-refractivity contribution in [1.29, 1.82) is 0 Å². The number of hydrogen-bond donors (Lipinski definition) is 1. The molecule has 0 bridgehead atoms. The summed E-state index contributed by atoms with van der Waals surface area (Å²) in [6.45, 7) is 12.1. The lowest BCUT2D eigenvalue weighted by atomic mass is 9.94. The molecule has 1 aromatic carbocycles. The Hall–Kier alpha value is -0.900. The third kappa shape index (κ3) is 3.15. The van der Waals surface area contributed by atoms with Crippen molar-refractivity contribution in [2.24, 2.45) is 5.73 Å². The molecule has 2 fully saturated rings. The molecule has 1 saturated heterocycles. The summed E-state index contributed by atoms with van der Waals surface area (Å²) < 4.78 is 0. The van der Waals surface area contributed by atoms with Crippen LogP contribution in [0, 0.1) is 20.8 Å². The van der Waals surface area contributed by atoms with Crippen LogP contribution < -0.4 is 5.73 Å². The van der Waals surface area contributed by atoms with Crippen molar-refractivity contribution in [2.75, 3.05) is 32.7 Å². The van der Waals surface area contributed by atoms with Gasteiger partial charge >= 0.3 is 0 Å². The molecule has 0 amide bonds. The van der Waals surface area contributed by atoms with Gasteiger partial charge in [-0.3, -0.25) is 9.80 Å². The van der Waals surface area contributed by atoms with Crippen molar-refractivity contribution in [1.82, 2.24) is 9.80 Å². The first-order chi connectivity index (χ1) is 10.1. The van der Waals surface area contributed by atoms with Gasteiger partial charge in [-0.2, -0.15) is 0 Å². The topological polar surface area (TPSA) is 32.5 Å². The standard InChI is InChI=1S/C18H29N3/c1-13-10-15(3)17(11-14(13)2)18(12-19)21-8-6-20(7-9-21)16-4-5-16/h10-11,16,18H,4-9,12,19H2,1-3H3. The summed E-state index contributed by atoms with van der Waals surface area (Å²) >= 11 is 0. The molecule has 1 heterocycles. The summed E-state index contributed by atoms with van der Waals surface area (Å²) in [5, 5.41) is 0. The van der Waals surface area contributed by atoms with Gasteiger partial charge in [0.25, 0.3) is 0 Å². The first-order valence-corrected chi connectivity index (χ1v) is 8.36. The van der Waals surface area contributed by atoms with Crippen molar-refractivity contribution in [3.05, 3.63) is 34.4 Å². The maximum Gasteiger partial charge on any atom is 0.0474 e. The quantitative estimate of drug-likeness (QED) is 0.923. The second-order valence-electron chi connectivity index (χ2n) is 6.85. The molecular weight excluding hydrogens is 258 g/mol. The van der Waals surface area contributed by atoms with E-state index in [0.29, 0.717) is 12.6 Å². The molecule has 116 valence electrons. The first-order valence-electron chi connectivity index (χ1n) is 8.36. The maximum atomic E-state index is 6.14. The Morgan fingerprint density at radius 2 is 1.62 bits per heavy atom. The Morgan fingerprint density at radius 1 is 1.00 bits per heavy atom. The summed E-state index contributed by atoms with van der Waals surface area (Å²) in [4.78, 5) is 5.26. The summed E-state index contributed by atoms with van der Waals surface area (Å²) in [6.07, 6.45) is 2.83. The van der Waals surface area contributed by atoms with E-state index in [1.54, 1.807) is 0 Å². The lowest BCUT2D eigenvalue weighted by molar-refractivity contribution is 0.0936. The van der Waals surface area contributed by atoms with E-state index in [-0.39, 0.29) is 0 Å².